The topological polar surface area (TPSA) is 54.5 Å². The first-order chi connectivity index (χ1) is 10.6. The van der Waals surface area contributed by atoms with Crippen molar-refractivity contribution in [2.24, 2.45) is 0 Å². The van der Waals surface area contributed by atoms with Crippen LogP contribution in [-0.4, -0.2) is 29.6 Å². The number of benzene rings is 1. The van der Waals surface area contributed by atoms with Crippen molar-refractivity contribution in [2.45, 2.75) is 13.5 Å². The number of urea groups is 1. The largest absolute Gasteiger partial charge is 0.492 e. The van der Waals surface area contributed by atoms with Crippen molar-refractivity contribution in [3.63, 3.8) is 0 Å². The molecule has 0 aliphatic heterocycles. The number of hydrogen-bond donors (Lipinski definition) is 1. The van der Waals surface area contributed by atoms with Crippen LogP contribution in [0.15, 0.2) is 42.6 Å². The average Bonchev–Trinajstić information content (AvgIpc) is 2.51. The standard InChI is InChI=1S/C16H18FN3O2/c1-3-22-15-10-12(17)7-8-14(15)19-16(21)20(2)11-13-6-4-5-9-18-13/h4-10H,3,11H2,1-2H3,(H,19,21). The fourth-order valence-corrected chi connectivity index (χ4v) is 1.89. The highest BCUT2D eigenvalue weighted by Gasteiger charge is 2.13. The Hall–Kier alpha value is -2.63. The Morgan fingerprint density at radius 3 is 2.86 bits per heavy atom. The van der Waals surface area contributed by atoms with Gasteiger partial charge >= 0.3 is 6.03 Å². The highest BCUT2D eigenvalue weighted by molar-refractivity contribution is 5.90. The van der Waals surface area contributed by atoms with E-state index in [-0.39, 0.29) is 6.03 Å². The van der Waals surface area contributed by atoms with Crippen molar-refractivity contribution in [3.8, 4) is 5.75 Å². The summed E-state index contributed by atoms with van der Waals surface area (Å²) < 4.78 is 18.6. The van der Waals surface area contributed by atoms with Gasteiger partial charge in [0.15, 0.2) is 0 Å². The van der Waals surface area contributed by atoms with Crippen LogP contribution in [0.1, 0.15) is 12.6 Å². The number of rotatable bonds is 5. The second-order valence-corrected chi connectivity index (χ2v) is 4.68. The first kappa shape index (κ1) is 15.8. The minimum Gasteiger partial charge on any atom is -0.492 e. The Bertz CT molecular complexity index is 635. The molecule has 2 amide bonds. The summed E-state index contributed by atoms with van der Waals surface area (Å²) in [5.74, 6) is -0.106. The second kappa shape index (κ2) is 7.40. The van der Waals surface area contributed by atoms with Gasteiger partial charge in [-0.05, 0) is 31.2 Å². The molecule has 0 fully saturated rings. The van der Waals surface area contributed by atoms with E-state index in [4.69, 9.17) is 4.74 Å². The van der Waals surface area contributed by atoms with Gasteiger partial charge in [-0.2, -0.15) is 0 Å². The average molecular weight is 303 g/mol. The van der Waals surface area contributed by atoms with Crippen molar-refractivity contribution in [1.29, 1.82) is 0 Å². The van der Waals surface area contributed by atoms with Crippen molar-refractivity contribution >= 4 is 11.7 Å². The fraction of sp³-hybridized carbons (Fsp3) is 0.250. The molecule has 1 aromatic heterocycles. The number of carbonyl (C=O) groups excluding carboxylic acids is 1. The first-order valence-electron chi connectivity index (χ1n) is 6.94. The summed E-state index contributed by atoms with van der Waals surface area (Å²) in [6.07, 6.45) is 1.67. The van der Waals surface area contributed by atoms with E-state index in [1.807, 2.05) is 18.2 Å². The maximum absolute atomic E-state index is 13.2. The number of carbonyl (C=O) groups is 1. The molecule has 0 atom stereocenters. The molecule has 0 aliphatic carbocycles. The van der Waals surface area contributed by atoms with Crippen molar-refractivity contribution in [1.82, 2.24) is 9.88 Å². The molecule has 22 heavy (non-hydrogen) atoms. The van der Waals surface area contributed by atoms with Gasteiger partial charge < -0.3 is 15.0 Å². The normalized spacial score (nSPS) is 10.1. The minimum absolute atomic E-state index is 0.307. The third-order valence-electron chi connectivity index (χ3n) is 2.96. The molecule has 0 bridgehead atoms. The SMILES string of the molecule is CCOc1cc(F)ccc1NC(=O)N(C)Cc1ccccn1. The van der Waals surface area contributed by atoms with E-state index in [1.54, 1.807) is 20.2 Å². The van der Waals surface area contributed by atoms with E-state index in [0.717, 1.165) is 5.69 Å². The van der Waals surface area contributed by atoms with Crippen LogP contribution in [0.25, 0.3) is 0 Å². The zero-order valence-electron chi connectivity index (χ0n) is 12.5. The van der Waals surface area contributed by atoms with Crippen molar-refractivity contribution in [2.75, 3.05) is 19.0 Å². The molecule has 0 saturated heterocycles. The van der Waals surface area contributed by atoms with Gasteiger partial charge in [-0.25, -0.2) is 9.18 Å². The molecule has 0 radical (unpaired) electrons. The van der Waals surface area contributed by atoms with Crippen LogP contribution in [0.5, 0.6) is 5.75 Å². The molecule has 1 N–H and O–H groups in total. The number of amides is 2. The molecule has 0 unspecified atom stereocenters. The van der Waals surface area contributed by atoms with Gasteiger partial charge in [-0.3, -0.25) is 4.98 Å². The number of aromatic nitrogens is 1. The van der Waals surface area contributed by atoms with E-state index in [9.17, 15) is 9.18 Å². The van der Waals surface area contributed by atoms with E-state index < -0.39 is 5.82 Å². The molecule has 6 heteroatoms. The molecule has 0 saturated carbocycles. The highest BCUT2D eigenvalue weighted by Crippen LogP contribution is 2.25. The van der Waals surface area contributed by atoms with E-state index in [0.29, 0.717) is 24.6 Å². The van der Waals surface area contributed by atoms with Crippen molar-refractivity contribution < 1.29 is 13.9 Å². The molecular weight excluding hydrogens is 285 g/mol. The molecule has 0 spiro atoms. The Morgan fingerprint density at radius 1 is 1.36 bits per heavy atom. The zero-order valence-corrected chi connectivity index (χ0v) is 12.5. The lowest BCUT2D eigenvalue weighted by Gasteiger charge is -2.19. The molecule has 5 nitrogen and oxygen atoms in total. The van der Waals surface area contributed by atoms with Gasteiger partial charge in [-0.1, -0.05) is 6.07 Å². The van der Waals surface area contributed by atoms with Gasteiger partial charge in [0.05, 0.1) is 24.5 Å². The smallest absolute Gasteiger partial charge is 0.322 e. The second-order valence-electron chi connectivity index (χ2n) is 4.68. The number of halogens is 1. The predicted octanol–water partition coefficient (Wildman–Crippen LogP) is 3.28. The molecule has 1 heterocycles. The van der Waals surface area contributed by atoms with Crippen LogP contribution in [0.3, 0.4) is 0 Å². The number of ether oxygens (including phenoxy) is 1. The van der Waals surface area contributed by atoms with Gasteiger partial charge in [0.2, 0.25) is 0 Å². The summed E-state index contributed by atoms with van der Waals surface area (Å²) in [6, 6.07) is 9.20. The number of nitrogens with one attached hydrogen (secondary N) is 1. The minimum atomic E-state index is -0.414. The van der Waals surface area contributed by atoms with Crippen LogP contribution in [0, 0.1) is 5.82 Å². The lowest BCUT2D eigenvalue weighted by Crippen LogP contribution is -2.31. The fourth-order valence-electron chi connectivity index (χ4n) is 1.89. The quantitative estimate of drug-likeness (QED) is 0.922. The number of nitrogens with zero attached hydrogens (tertiary/aromatic N) is 2. The van der Waals surface area contributed by atoms with Crippen LogP contribution in [-0.2, 0) is 6.54 Å². The molecule has 1 aromatic carbocycles. The third kappa shape index (κ3) is 4.18. The Morgan fingerprint density at radius 2 is 2.18 bits per heavy atom. The number of hydrogen-bond acceptors (Lipinski definition) is 3. The van der Waals surface area contributed by atoms with Gasteiger partial charge in [0, 0.05) is 19.3 Å². The molecule has 0 aliphatic rings. The number of anilines is 1. The summed E-state index contributed by atoms with van der Waals surface area (Å²) in [7, 11) is 1.66. The summed E-state index contributed by atoms with van der Waals surface area (Å²) in [5, 5.41) is 2.71. The zero-order chi connectivity index (χ0) is 15.9. The Kier molecular flexibility index (Phi) is 5.30. The van der Waals surface area contributed by atoms with E-state index in [2.05, 4.69) is 10.3 Å². The van der Waals surface area contributed by atoms with Crippen LogP contribution < -0.4 is 10.1 Å². The summed E-state index contributed by atoms with van der Waals surface area (Å²) >= 11 is 0. The van der Waals surface area contributed by atoms with Gasteiger partial charge in [-0.15, -0.1) is 0 Å². The lowest BCUT2D eigenvalue weighted by molar-refractivity contribution is 0.220. The Balaban J connectivity index is 2.05. The van der Waals surface area contributed by atoms with Crippen LogP contribution in [0.2, 0.25) is 0 Å². The first-order valence-corrected chi connectivity index (χ1v) is 6.94. The van der Waals surface area contributed by atoms with Crippen LogP contribution in [0.4, 0.5) is 14.9 Å². The van der Waals surface area contributed by atoms with Gasteiger partial charge in [0.25, 0.3) is 0 Å². The molecular formula is C16H18FN3O2. The lowest BCUT2D eigenvalue weighted by atomic mass is 10.3. The maximum Gasteiger partial charge on any atom is 0.322 e. The maximum atomic E-state index is 13.2. The number of pyridine rings is 1. The highest BCUT2D eigenvalue weighted by atomic mass is 19.1. The van der Waals surface area contributed by atoms with Gasteiger partial charge in [0.1, 0.15) is 11.6 Å². The predicted molar refractivity (Wildman–Crippen MR) is 82.3 cm³/mol. The molecule has 2 aromatic rings. The monoisotopic (exact) mass is 303 g/mol. The van der Waals surface area contributed by atoms with Crippen LogP contribution >= 0.6 is 0 Å². The summed E-state index contributed by atoms with van der Waals surface area (Å²) in [5.41, 5.74) is 1.21. The summed E-state index contributed by atoms with van der Waals surface area (Å²) in [4.78, 5) is 17.9. The van der Waals surface area contributed by atoms with Crippen molar-refractivity contribution in [3.05, 3.63) is 54.1 Å². The Labute approximate surface area is 128 Å². The molecule has 116 valence electrons. The van der Waals surface area contributed by atoms with E-state index in [1.165, 1.54) is 23.1 Å². The van der Waals surface area contributed by atoms with E-state index >= 15 is 0 Å². The summed E-state index contributed by atoms with van der Waals surface area (Å²) in [6.45, 7) is 2.55. The third-order valence-corrected chi connectivity index (χ3v) is 2.96. The molecule has 2 rings (SSSR count).